The van der Waals surface area contributed by atoms with E-state index in [0.29, 0.717) is 5.02 Å². The van der Waals surface area contributed by atoms with E-state index in [2.05, 4.69) is 16.1 Å². The van der Waals surface area contributed by atoms with Crippen LogP contribution in [0.15, 0.2) is 36.7 Å². The Morgan fingerprint density at radius 3 is 2.58 bits per heavy atom. The van der Waals surface area contributed by atoms with Gasteiger partial charge in [-0.25, -0.2) is 0 Å². The van der Waals surface area contributed by atoms with Crippen LogP contribution in [0, 0.1) is 0 Å². The topological polar surface area (TPSA) is 41.4 Å². The van der Waals surface area contributed by atoms with Crippen molar-refractivity contribution in [3.05, 3.63) is 52.3 Å². The molecule has 1 atom stereocenters. The molecule has 24 heavy (non-hydrogen) atoms. The molecule has 1 saturated heterocycles. The molecule has 0 N–H and O–H groups in total. The average molecular weight is 367 g/mol. The van der Waals surface area contributed by atoms with Crippen molar-refractivity contribution in [1.82, 2.24) is 19.6 Å². The predicted molar refractivity (Wildman–Crippen MR) is 95.3 cm³/mol. The fourth-order valence-electron chi connectivity index (χ4n) is 2.92. The summed E-state index contributed by atoms with van der Waals surface area (Å²) < 4.78 is 1.61. The van der Waals surface area contributed by atoms with Crippen LogP contribution in [0.4, 0.5) is 0 Å². The largest absolute Gasteiger partial charge is 0.338 e. The Morgan fingerprint density at radius 2 is 1.96 bits per heavy atom. The van der Waals surface area contributed by atoms with E-state index < -0.39 is 0 Å². The van der Waals surface area contributed by atoms with E-state index >= 15 is 0 Å². The molecule has 5 nitrogen and oxygen atoms in total. The summed E-state index contributed by atoms with van der Waals surface area (Å²) in [5.41, 5.74) is 1.20. The van der Waals surface area contributed by atoms with Crippen LogP contribution < -0.4 is 0 Å². The second-order valence-corrected chi connectivity index (χ2v) is 6.92. The quantitative estimate of drug-likeness (QED) is 0.834. The second-order valence-electron chi connectivity index (χ2n) is 6.05. The van der Waals surface area contributed by atoms with Crippen molar-refractivity contribution in [2.45, 2.75) is 19.5 Å². The Hall–Kier alpha value is -1.56. The highest BCUT2D eigenvalue weighted by Gasteiger charge is 2.26. The fraction of sp³-hybridized carbons (Fsp3) is 0.412. The van der Waals surface area contributed by atoms with E-state index in [0.717, 1.165) is 37.7 Å². The smallest absolute Gasteiger partial charge is 0.247 e. The number of piperazine rings is 1. The van der Waals surface area contributed by atoms with Crippen molar-refractivity contribution < 1.29 is 4.79 Å². The zero-order chi connectivity index (χ0) is 17.1. The summed E-state index contributed by atoms with van der Waals surface area (Å²) in [6, 6.07) is 7.58. The van der Waals surface area contributed by atoms with E-state index in [1.165, 1.54) is 5.56 Å². The number of rotatable bonds is 4. The van der Waals surface area contributed by atoms with Crippen molar-refractivity contribution in [3.8, 4) is 0 Å². The Morgan fingerprint density at radius 1 is 1.21 bits per heavy atom. The Labute approximate surface area is 151 Å². The van der Waals surface area contributed by atoms with Gasteiger partial charge in [-0.3, -0.25) is 14.4 Å². The van der Waals surface area contributed by atoms with Gasteiger partial charge in [0.1, 0.15) is 6.04 Å². The zero-order valence-corrected chi connectivity index (χ0v) is 15.0. The van der Waals surface area contributed by atoms with Crippen molar-refractivity contribution in [1.29, 1.82) is 0 Å². The highest BCUT2D eigenvalue weighted by Crippen LogP contribution is 2.17. The Kier molecular flexibility index (Phi) is 5.43. The van der Waals surface area contributed by atoms with Gasteiger partial charge < -0.3 is 4.90 Å². The number of carbonyl (C=O) groups is 1. The lowest BCUT2D eigenvalue weighted by atomic mass is 10.2. The number of carbonyl (C=O) groups excluding carboxylic acids is 1. The number of aromatic nitrogens is 2. The van der Waals surface area contributed by atoms with E-state index in [4.69, 9.17) is 23.2 Å². The lowest BCUT2D eigenvalue weighted by molar-refractivity contribution is -0.136. The maximum Gasteiger partial charge on any atom is 0.247 e. The second kappa shape index (κ2) is 7.55. The molecule has 0 saturated carbocycles. The molecular formula is C17H20Cl2N4O. The first-order valence-electron chi connectivity index (χ1n) is 7.98. The maximum atomic E-state index is 12.6. The van der Waals surface area contributed by atoms with Gasteiger partial charge in [0.05, 0.1) is 11.2 Å². The van der Waals surface area contributed by atoms with Crippen LogP contribution in [0.25, 0.3) is 0 Å². The van der Waals surface area contributed by atoms with Gasteiger partial charge >= 0.3 is 0 Å². The summed E-state index contributed by atoms with van der Waals surface area (Å²) >= 11 is 11.9. The summed E-state index contributed by atoms with van der Waals surface area (Å²) in [4.78, 5) is 16.8. The minimum absolute atomic E-state index is 0.0807. The molecule has 1 aromatic heterocycles. The van der Waals surface area contributed by atoms with Gasteiger partial charge in [0.2, 0.25) is 5.91 Å². The van der Waals surface area contributed by atoms with E-state index in [-0.39, 0.29) is 11.9 Å². The highest BCUT2D eigenvalue weighted by molar-refractivity contribution is 6.30. The molecule has 1 fully saturated rings. The first-order valence-corrected chi connectivity index (χ1v) is 8.74. The number of amides is 1. The molecule has 3 rings (SSSR count). The maximum absolute atomic E-state index is 12.6. The normalized spacial score (nSPS) is 17.0. The third-order valence-electron chi connectivity index (χ3n) is 4.30. The van der Waals surface area contributed by atoms with Gasteiger partial charge in [-0.1, -0.05) is 35.3 Å². The average Bonchev–Trinajstić information content (AvgIpc) is 3.01. The lowest BCUT2D eigenvalue weighted by Crippen LogP contribution is -2.49. The van der Waals surface area contributed by atoms with E-state index in [1.807, 2.05) is 30.0 Å². The Bertz CT molecular complexity index is 710. The Balaban J connectivity index is 1.53. The molecular weight excluding hydrogens is 347 g/mol. The predicted octanol–water partition coefficient (Wildman–Crippen LogP) is 3.10. The number of hydrogen-bond acceptors (Lipinski definition) is 3. The van der Waals surface area contributed by atoms with Crippen LogP contribution in [0.1, 0.15) is 18.5 Å². The van der Waals surface area contributed by atoms with E-state index in [9.17, 15) is 4.79 Å². The summed E-state index contributed by atoms with van der Waals surface area (Å²) in [5.74, 6) is 0.0807. The van der Waals surface area contributed by atoms with Gasteiger partial charge in [-0.2, -0.15) is 5.10 Å². The molecule has 1 aromatic carbocycles. The minimum atomic E-state index is -0.336. The third-order valence-corrected chi connectivity index (χ3v) is 4.73. The van der Waals surface area contributed by atoms with Gasteiger partial charge in [-0.15, -0.1) is 0 Å². The molecule has 0 bridgehead atoms. The first-order chi connectivity index (χ1) is 11.5. The van der Waals surface area contributed by atoms with Crippen LogP contribution >= 0.6 is 23.2 Å². The van der Waals surface area contributed by atoms with Crippen LogP contribution in [-0.2, 0) is 11.3 Å². The standard InChI is InChI=1S/C17H20Cl2N4O/c1-13(23-12-16(19)10-20-23)17(24)22-7-5-21(6-8-22)11-14-3-2-4-15(18)9-14/h2-4,9-10,12-13H,5-8,11H2,1H3. The molecule has 1 aliphatic heterocycles. The monoisotopic (exact) mass is 366 g/mol. The lowest BCUT2D eigenvalue weighted by Gasteiger charge is -2.36. The van der Waals surface area contributed by atoms with Crippen LogP contribution in [0.5, 0.6) is 0 Å². The summed E-state index contributed by atoms with van der Waals surface area (Å²) in [6.07, 6.45) is 3.23. The fourth-order valence-corrected chi connectivity index (χ4v) is 3.28. The highest BCUT2D eigenvalue weighted by atomic mass is 35.5. The van der Waals surface area contributed by atoms with Crippen molar-refractivity contribution in [2.24, 2.45) is 0 Å². The van der Waals surface area contributed by atoms with E-state index in [1.54, 1.807) is 17.1 Å². The number of nitrogens with zero attached hydrogens (tertiary/aromatic N) is 4. The van der Waals surface area contributed by atoms with Gasteiger partial charge in [0.15, 0.2) is 0 Å². The summed E-state index contributed by atoms with van der Waals surface area (Å²) in [6.45, 7) is 5.85. The molecule has 2 heterocycles. The number of halogens is 2. The van der Waals surface area contributed by atoms with Gasteiger partial charge in [-0.05, 0) is 24.6 Å². The SMILES string of the molecule is CC(C(=O)N1CCN(Cc2cccc(Cl)c2)CC1)n1cc(Cl)cn1. The van der Waals surface area contributed by atoms with Gasteiger partial charge in [0, 0.05) is 43.9 Å². The molecule has 0 radical (unpaired) electrons. The minimum Gasteiger partial charge on any atom is -0.338 e. The van der Waals surface area contributed by atoms with Crippen molar-refractivity contribution in [3.63, 3.8) is 0 Å². The molecule has 2 aromatic rings. The molecule has 128 valence electrons. The molecule has 0 aliphatic carbocycles. The van der Waals surface area contributed by atoms with Crippen molar-refractivity contribution >= 4 is 29.1 Å². The van der Waals surface area contributed by atoms with Crippen LogP contribution in [0.2, 0.25) is 10.0 Å². The molecule has 1 unspecified atom stereocenters. The molecule has 1 amide bonds. The number of benzene rings is 1. The first kappa shape index (κ1) is 17.3. The van der Waals surface area contributed by atoms with Crippen molar-refractivity contribution in [2.75, 3.05) is 26.2 Å². The molecule has 7 heteroatoms. The molecule has 0 spiro atoms. The van der Waals surface area contributed by atoms with Gasteiger partial charge in [0.25, 0.3) is 0 Å². The third kappa shape index (κ3) is 4.09. The molecule has 1 aliphatic rings. The van der Waals surface area contributed by atoms with Crippen LogP contribution in [0.3, 0.4) is 0 Å². The zero-order valence-electron chi connectivity index (χ0n) is 13.5. The number of hydrogen-bond donors (Lipinski definition) is 0. The van der Waals surface area contributed by atoms with Crippen LogP contribution in [-0.4, -0.2) is 51.7 Å². The summed E-state index contributed by atoms with van der Waals surface area (Å²) in [5, 5.41) is 5.42. The summed E-state index contributed by atoms with van der Waals surface area (Å²) in [7, 11) is 0.